The quantitative estimate of drug-likeness (QED) is 0.854. The maximum absolute atomic E-state index is 13.0. The van der Waals surface area contributed by atoms with Crippen LogP contribution >= 0.6 is 0 Å². The third kappa shape index (κ3) is 4.51. The fourth-order valence-electron chi connectivity index (χ4n) is 3.92. The van der Waals surface area contributed by atoms with E-state index in [1.165, 1.54) is 31.4 Å². The number of nitrogens with one attached hydrogen (secondary N) is 1. The molecule has 1 aromatic carbocycles. The minimum Gasteiger partial charge on any atom is -0.352 e. The van der Waals surface area contributed by atoms with Crippen LogP contribution < -0.4 is 5.32 Å². The van der Waals surface area contributed by atoms with Crippen molar-refractivity contribution in [2.24, 2.45) is 0 Å². The van der Waals surface area contributed by atoms with Gasteiger partial charge in [-0.2, -0.15) is 0 Å². The van der Waals surface area contributed by atoms with E-state index in [1.807, 2.05) is 6.92 Å². The van der Waals surface area contributed by atoms with Crippen molar-refractivity contribution in [2.75, 3.05) is 0 Å². The average molecular weight is 393 g/mol. The van der Waals surface area contributed by atoms with Crippen LogP contribution in [0.2, 0.25) is 0 Å². The van der Waals surface area contributed by atoms with Crippen LogP contribution in [0, 0.1) is 6.92 Å². The van der Waals surface area contributed by atoms with Gasteiger partial charge in [0, 0.05) is 12.5 Å². The first kappa shape index (κ1) is 19.9. The van der Waals surface area contributed by atoms with E-state index in [9.17, 15) is 18.0 Å². The molecule has 0 spiro atoms. The van der Waals surface area contributed by atoms with Crippen molar-refractivity contribution < 1.29 is 18.0 Å². The number of nitrogens with zero attached hydrogens (tertiary/aromatic N) is 1. The van der Waals surface area contributed by atoms with E-state index in [0.29, 0.717) is 0 Å². The van der Waals surface area contributed by atoms with Crippen LogP contribution in [0.5, 0.6) is 0 Å². The van der Waals surface area contributed by atoms with Crippen LogP contribution in [0.4, 0.5) is 0 Å². The Morgan fingerprint density at radius 1 is 1.00 bits per heavy atom. The Labute approximate surface area is 161 Å². The zero-order valence-electron chi connectivity index (χ0n) is 15.8. The summed E-state index contributed by atoms with van der Waals surface area (Å²) < 4.78 is 26.8. The molecule has 1 aliphatic carbocycles. The lowest BCUT2D eigenvalue weighted by Crippen LogP contribution is -2.50. The van der Waals surface area contributed by atoms with Crippen LogP contribution in [-0.4, -0.2) is 36.6 Å². The van der Waals surface area contributed by atoms with Crippen molar-refractivity contribution in [3.8, 4) is 0 Å². The molecule has 3 rings (SSSR count). The summed E-state index contributed by atoms with van der Waals surface area (Å²) in [7, 11) is -4.03. The summed E-state index contributed by atoms with van der Waals surface area (Å²) in [6.07, 6.45) is 7.86. The van der Waals surface area contributed by atoms with Crippen molar-refractivity contribution in [3.05, 3.63) is 29.8 Å². The topological polar surface area (TPSA) is 83.6 Å². The number of benzene rings is 1. The molecule has 148 valence electrons. The van der Waals surface area contributed by atoms with Crippen molar-refractivity contribution in [1.82, 2.24) is 9.62 Å². The first-order valence-corrected chi connectivity index (χ1v) is 11.3. The molecule has 1 atom stereocenters. The predicted molar refractivity (Wildman–Crippen MR) is 102 cm³/mol. The molecular formula is C20H28N2O4S. The summed E-state index contributed by atoms with van der Waals surface area (Å²) in [6.45, 7) is 1.86. The molecule has 0 aromatic heterocycles. The fourth-order valence-corrected chi connectivity index (χ4v) is 5.52. The van der Waals surface area contributed by atoms with Gasteiger partial charge in [0.1, 0.15) is 6.04 Å². The lowest BCUT2D eigenvalue weighted by atomic mass is 9.96. The first-order chi connectivity index (χ1) is 12.9. The second kappa shape index (κ2) is 8.42. The molecule has 1 N–H and O–H groups in total. The van der Waals surface area contributed by atoms with E-state index < -0.39 is 22.0 Å². The van der Waals surface area contributed by atoms with E-state index in [4.69, 9.17) is 0 Å². The van der Waals surface area contributed by atoms with Gasteiger partial charge in [0.2, 0.25) is 11.8 Å². The third-order valence-electron chi connectivity index (χ3n) is 5.49. The third-order valence-corrected chi connectivity index (χ3v) is 7.34. The van der Waals surface area contributed by atoms with Crippen LogP contribution in [0.15, 0.2) is 29.2 Å². The van der Waals surface area contributed by atoms with Gasteiger partial charge < -0.3 is 5.32 Å². The molecule has 1 aliphatic heterocycles. The number of carbonyl (C=O) groups is 2. The molecule has 2 amide bonds. The fraction of sp³-hybridized carbons (Fsp3) is 0.600. The lowest BCUT2D eigenvalue weighted by molar-refractivity contribution is -0.131. The Balaban J connectivity index is 1.76. The van der Waals surface area contributed by atoms with Gasteiger partial charge in [0.15, 0.2) is 0 Å². The number of rotatable bonds is 4. The minimum atomic E-state index is -4.03. The van der Waals surface area contributed by atoms with Crippen molar-refractivity contribution in [1.29, 1.82) is 0 Å². The molecule has 1 saturated carbocycles. The Morgan fingerprint density at radius 2 is 1.59 bits per heavy atom. The van der Waals surface area contributed by atoms with Crippen LogP contribution in [0.3, 0.4) is 0 Å². The van der Waals surface area contributed by atoms with Crippen molar-refractivity contribution in [3.63, 3.8) is 0 Å². The maximum Gasteiger partial charge on any atom is 0.267 e. The summed E-state index contributed by atoms with van der Waals surface area (Å²) in [5, 5.41) is 3.01. The maximum atomic E-state index is 13.0. The minimum absolute atomic E-state index is 0.0482. The van der Waals surface area contributed by atoms with Gasteiger partial charge in [-0.15, -0.1) is 0 Å². The Morgan fingerprint density at radius 3 is 2.22 bits per heavy atom. The Bertz CT molecular complexity index is 781. The van der Waals surface area contributed by atoms with Crippen molar-refractivity contribution in [2.45, 2.75) is 81.7 Å². The number of carbonyl (C=O) groups excluding carboxylic acids is 2. The summed E-state index contributed by atoms with van der Waals surface area (Å²) >= 11 is 0. The molecule has 2 aliphatic rings. The lowest BCUT2D eigenvalue weighted by Gasteiger charge is -2.27. The van der Waals surface area contributed by atoms with Crippen molar-refractivity contribution >= 4 is 21.8 Å². The molecule has 6 nitrogen and oxygen atoms in total. The molecule has 1 aromatic rings. The highest BCUT2D eigenvalue weighted by molar-refractivity contribution is 7.89. The molecule has 27 heavy (non-hydrogen) atoms. The zero-order valence-corrected chi connectivity index (χ0v) is 16.6. The molecule has 1 heterocycles. The molecule has 7 heteroatoms. The van der Waals surface area contributed by atoms with Gasteiger partial charge in [0.05, 0.1) is 4.90 Å². The summed E-state index contributed by atoms with van der Waals surface area (Å²) in [4.78, 5) is 25.2. The Kier molecular flexibility index (Phi) is 6.19. The normalized spacial score (nSPS) is 22.3. The monoisotopic (exact) mass is 392 g/mol. The van der Waals surface area contributed by atoms with E-state index in [0.717, 1.165) is 35.6 Å². The average Bonchev–Trinajstić information content (AvgIpc) is 3.00. The van der Waals surface area contributed by atoms with E-state index in [1.54, 1.807) is 12.1 Å². The number of hydrogen-bond acceptors (Lipinski definition) is 4. The zero-order chi connectivity index (χ0) is 19.4. The first-order valence-electron chi connectivity index (χ1n) is 9.84. The van der Waals surface area contributed by atoms with Gasteiger partial charge in [0.25, 0.3) is 10.0 Å². The molecule has 2 fully saturated rings. The van der Waals surface area contributed by atoms with Gasteiger partial charge in [-0.25, -0.2) is 12.7 Å². The van der Waals surface area contributed by atoms with Gasteiger partial charge in [-0.3, -0.25) is 9.59 Å². The SMILES string of the molecule is Cc1ccc(S(=O)(=O)N2C(=O)CC[C@H]2C(=O)NC2CCCCCCC2)cc1. The predicted octanol–water partition coefficient (Wildman–Crippen LogP) is 2.90. The largest absolute Gasteiger partial charge is 0.352 e. The molecular weight excluding hydrogens is 364 g/mol. The second-order valence-corrected chi connectivity index (χ2v) is 9.43. The van der Waals surface area contributed by atoms with E-state index in [2.05, 4.69) is 5.32 Å². The highest BCUT2D eigenvalue weighted by Gasteiger charge is 2.44. The van der Waals surface area contributed by atoms with Crippen LogP contribution in [0.25, 0.3) is 0 Å². The van der Waals surface area contributed by atoms with Gasteiger partial charge >= 0.3 is 0 Å². The highest BCUT2D eigenvalue weighted by Crippen LogP contribution is 2.28. The van der Waals surface area contributed by atoms with Crippen LogP contribution in [0.1, 0.15) is 63.4 Å². The smallest absolute Gasteiger partial charge is 0.267 e. The van der Waals surface area contributed by atoms with Gasteiger partial charge in [-0.1, -0.05) is 49.8 Å². The summed E-state index contributed by atoms with van der Waals surface area (Å²) in [5.74, 6) is -0.851. The van der Waals surface area contributed by atoms with Crippen LogP contribution in [-0.2, 0) is 19.6 Å². The second-order valence-electron chi connectivity index (χ2n) is 7.61. The molecule has 0 radical (unpaired) electrons. The summed E-state index contributed by atoms with van der Waals surface area (Å²) in [6, 6.07) is 5.47. The molecule has 0 unspecified atom stereocenters. The number of aryl methyl sites for hydroxylation is 1. The molecule has 1 saturated heterocycles. The van der Waals surface area contributed by atoms with E-state index in [-0.39, 0.29) is 29.7 Å². The molecule has 0 bridgehead atoms. The Hall–Kier alpha value is -1.89. The number of hydrogen-bond donors (Lipinski definition) is 1. The number of amides is 2. The standard InChI is InChI=1S/C20H28N2O4S/c1-15-9-11-17(12-10-15)27(25,26)22-18(13-14-19(22)23)20(24)21-16-7-5-3-2-4-6-8-16/h9-12,16,18H,2-8,13-14H2,1H3,(H,21,24)/t18-/m0/s1. The van der Waals surface area contributed by atoms with E-state index >= 15 is 0 Å². The number of sulfonamides is 1. The highest BCUT2D eigenvalue weighted by atomic mass is 32.2. The van der Waals surface area contributed by atoms with Gasteiger partial charge in [-0.05, 0) is 38.3 Å². The summed E-state index contributed by atoms with van der Waals surface area (Å²) in [5.41, 5.74) is 0.931.